The average Bonchev–Trinajstić information content (AvgIpc) is 2.72. The Hall–Kier alpha value is -3.62. The minimum atomic E-state index is -0.480. The Morgan fingerprint density at radius 3 is 2.74 bits per heavy atom. The number of aromatic nitrogens is 4. The highest BCUT2D eigenvalue weighted by Crippen LogP contribution is 2.25. The molecule has 0 saturated carbocycles. The van der Waals surface area contributed by atoms with Gasteiger partial charge in [0.1, 0.15) is 12.0 Å². The molecule has 1 aromatic carbocycles. The van der Waals surface area contributed by atoms with Gasteiger partial charge in [-0.1, -0.05) is 0 Å². The van der Waals surface area contributed by atoms with Crippen LogP contribution >= 0.6 is 0 Å². The smallest absolute Gasteiger partial charge is 0.270 e. The predicted octanol–water partition coefficient (Wildman–Crippen LogP) is 2.02. The molecule has 3 rings (SSSR count). The van der Waals surface area contributed by atoms with E-state index >= 15 is 0 Å². The van der Waals surface area contributed by atoms with Crippen molar-refractivity contribution in [3.63, 3.8) is 0 Å². The van der Waals surface area contributed by atoms with Gasteiger partial charge in [-0.15, -0.1) is 0 Å². The van der Waals surface area contributed by atoms with E-state index in [9.17, 15) is 9.18 Å². The number of hydrogen-bond donors (Lipinski definition) is 1. The van der Waals surface area contributed by atoms with Crippen molar-refractivity contribution in [2.75, 3.05) is 14.2 Å². The largest absolute Gasteiger partial charge is 0.494 e. The third kappa shape index (κ3) is 4.32. The van der Waals surface area contributed by atoms with Crippen molar-refractivity contribution in [2.24, 2.45) is 0 Å². The summed E-state index contributed by atoms with van der Waals surface area (Å²) >= 11 is 0. The lowest BCUT2D eigenvalue weighted by atomic mass is 10.1. The van der Waals surface area contributed by atoms with Crippen molar-refractivity contribution in [3.8, 4) is 22.9 Å². The van der Waals surface area contributed by atoms with Crippen LogP contribution in [0.2, 0.25) is 0 Å². The van der Waals surface area contributed by atoms with E-state index in [1.807, 2.05) is 0 Å². The molecule has 0 fully saturated rings. The van der Waals surface area contributed by atoms with Gasteiger partial charge in [-0.25, -0.2) is 19.3 Å². The number of carbonyl (C=O) groups is 1. The summed E-state index contributed by atoms with van der Waals surface area (Å²) in [6.07, 6.45) is 2.81. The number of ether oxygens (including phenoxy) is 2. The molecule has 1 amide bonds. The van der Waals surface area contributed by atoms with Gasteiger partial charge in [0.15, 0.2) is 17.4 Å². The Morgan fingerprint density at radius 1 is 1.11 bits per heavy atom. The van der Waals surface area contributed by atoms with Crippen molar-refractivity contribution in [2.45, 2.75) is 6.54 Å². The first kappa shape index (κ1) is 18.2. The molecule has 0 aliphatic rings. The van der Waals surface area contributed by atoms with Gasteiger partial charge in [0, 0.05) is 17.8 Å². The lowest BCUT2D eigenvalue weighted by molar-refractivity contribution is 0.0944. The summed E-state index contributed by atoms with van der Waals surface area (Å²) in [5, 5.41) is 2.68. The summed E-state index contributed by atoms with van der Waals surface area (Å²) in [6, 6.07) is 7.44. The van der Waals surface area contributed by atoms with E-state index in [-0.39, 0.29) is 18.0 Å². The Morgan fingerprint density at radius 2 is 1.96 bits per heavy atom. The van der Waals surface area contributed by atoms with Gasteiger partial charge in [-0.3, -0.25) is 4.79 Å². The summed E-state index contributed by atoms with van der Waals surface area (Å²) in [5.41, 5.74) is 1.22. The zero-order chi connectivity index (χ0) is 19.2. The van der Waals surface area contributed by atoms with Crippen LogP contribution in [0.1, 0.15) is 16.3 Å². The maximum absolute atomic E-state index is 13.6. The summed E-state index contributed by atoms with van der Waals surface area (Å²) in [5.74, 6) is 0.00192. The second kappa shape index (κ2) is 8.17. The normalized spacial score (nSPS) is 10.3. The first-order chi connectivity index (χ1) is 13.1. The number of carbonyl (C=O) groups excluding carboxylic acids is 1. The topological polar surface area (TPSA) is 99.1 Å². The molecule has 27 heavy (non-hydrogen) atoms. The van der Waals surface area contributed by atoms with Gasteiger partial charge >= 0.3 is 0 Å². The number of halogens is 1. The number of hydrogen-bond acceptors (Lipinski definition) is 7. The van der Waals surface area contributed by atoms with Crippen LogP contribution in [-0.4, -0.2) is 40.1 Å². The van der Waals surface area contributed by atoms with Gasteiger partial charge in [0.25, 0.3) is 5.91 Å². The number of nitrogens with one attached hydrogen (secondary N) is 1. The van der Waals surface area contributed by atoms with E-state index in [1.54, 1.807) is 12.1 Å². The molecule has 0 radical (unpaired) electrons. The van der Waals surface area contributed by atoms with Crippen LogP contribution in [0.5, 0.6) is 11.6 Å². The summed E-state index contributed by atoms with van der Waals surface area (Å²) in [6.45, 7) is 0.111. The molecular formula is C18H16FN5O3. The van der Waals surface area contributed by atoms with Crippen LogP contribution in [0.4, 0.5) is 4.39 Å². The van der Waals surface area contributed by atoms with Crippen LogP contribution in [-0.2, 0) is 6.54 Å². The first-order valence-corrected chi connectivity index (χ1v) is 7.90. The molecule has 0 aliphatic carbocycles. The molecule has 0 bridgehead atoms. The second-order valence-corrected chi connectivity index (χ2v) is 5.34. The van der Waals surface area contributed by atoms with E-state index in [0.29, 0.717) is 23.0 Å². The van der Waals surface area contributed by atoms with Gasteiger partial charge in [0.2, 0.25) is 5.88 Å². The molecular weight excluding hydrogens is 353 g/mol. The van der Waals surface area contributed by atoms with Gasteiger partial charge < -0.3 is 14.8 Å². The molecule has 9 heteroatoms. The first-order valence-electron chi connectivity index (χ1n) is 7.90. The van der Waals surface area contributed by atoms with Crippen molar-refractivity contribution in [1.82, 2.24) is 25.3 Å². The SMILES string of the molecule is COc1ccnc(CNC(=O)c2cc(-c3ccc(F)c(OC)c3)ncn2)n1. The van der Waals surface area contributed by atoms with E-state index in [2.05, 4.69) is 25.3 Å². The number of methoxy groups -OCH3 is 2. The minimum Gasteiger partial charge on any atom is -0.494 e. The Labute approximate surface area is 154 Å². The third-order valence-corrected chi connectivity index (χ3v) is 3.64. The predicted molar refractivity (Wildman–Crippen MR) is 93.7 cm³/mol. The number of amides is 1. The fraction of sp³-hybridized carbons (Fsp3) is 0.167. The average molecular weight is 369 g/mol. The van der Waals surface area contributed by atoms with E-state index in [0.717, 1.165) is 0 Å². The van der Waals surface area contributed by atoms with E-state index < -0.39 is 11.7 Å². The van der Waals surface area contributed by atoms with Crippen LogP contribution in [0, 0.1) is 5.82 Å². The van der Waals surface area contributed by atoms with Gasteiger partial charge in [-0.2, -0.15) is 4.98 Å². The fourth-order valence-corrected chi connectivity index (χ4v) is 2.29. The van der Waals surface area contributed by atoms with Crippen molar-refractivity contribution < 1.29 is 18.7 Å². The highest BCUT2D eigenvalue weighted by molar-refractivity contribution is 5.93. The molecule has 0 aliphatic heterocycles. The molecule has 3 aromatic rings. The Kier molecular flexibility index (Phi) is 5.50. The van der Waals surface area contributed by atoms with Gasteiger partial charge in [-0.05, 0) is 24.3 Å². The highest BCUT2D eigenvalue weighted by Gasteiger charge is 2.12. The molecule has 0 saturated heterocycles. The highest BCUT2D eigenvalue weighted by atomic mass is 19.1. The lowest BCUT2D eigenvalue weighted by Crippen LogP contribution is -2.25. The maximum atomic E-state index is 13.6. The summed E-state index contributed by atoms with van der Waals surface area (Å²) in [7, 11) is 2.87. The molecule has 2 heterocycles. The minimum absolute atomic E-state index is 0.0901. The zero-order valence-electron chi connectivity index (χ0n) is 14.6. The third-order valence-electron chi connectivity index (χ3n) is 3.64. The van der Waals surface area contributed by atoms with Crippen molar-refractivity contribution >= 4 is 5.91 Å². The second-order valence-electron chi connectivity index (χ2n) is 5.34. The van der Waals surface area contributed by atoms with Crippen LogP contribution in [0.15, 0.2) is 42.9 Å². The molecule has 138 valence electrons. The van der Waals surface area contributed by atoms with Gasteiger partial charge in [0.05, 0.1) is 26.5 Å². The zero-order valence-corrected chi connectivity index (χ0v) is 14.6. The summed E-state index contributed by atoms with van der Waals surface area (Å²) in [4.78, 5) is 28.6. The van der Waals surface area contributed by atoms with E-state index in [1.165, 1.54) is 44.9 Å². The molecule has 0 atom stereocenters. The molecule has 2 aromatic heterocycles. The quantitative estimate of drug-likeness (QED) is 0.710. The fourth-order valence-electron chi connectivity index (χ4n) is 2.29. The van der Waals surface area contributed by atoms with Crippen LogP contribution < -0.4 is 14.8 Å². The number of rotatable bonds is 6. The number of benzene rings is 1. The number of nitrogens with zero attached hydrogens (tertiary/aromatic N) is 4. The van der Waals surface area contributed by atoms with Crippen LogP contribution in [0.25, 0.3) is 11.3 Å². The monoisotopic (exact) mass is 369 g/mol. The standard InChI is InChI=1S/C18H16FN5O3/c1-26-15-7-11(3-4-12(15)19)13-8-14(23-10-22-13)18(25)21-9-16-20-6-5-17(24-16)27-2/h3-8,10H,9H2,1-2H3,(H,21,25). The molecule has 0 spiro atoms. The summed E-state index contributed by atoms with van der Waals surface area (Å²) < 4.78 is 23.6. The van der Waals surface area contributed by atoms with E-state index in [4.69, 9.17) is 9.47 Å². The molecule has 1 N–H and O–H groups in total. The molecule has 8 nitrogen and oxygen atoms in total. The maximum Gasteiger partial charge on any atom is 0.270 e. The lowest BCUT2D eigenvalue weighted by Gasteiger charge is -2.07. The van der Waals surface area contributed by atoms with Crippen LogP contribution in [0.3, 0.4) is 0 Å². The van der Waals surface area contributed by atoms with Crippen molar-refractivity contribution in [3.05, 3.63) is 60.2 Å². The Bertz CT molecular complexity index is 967. The van der Waals surface area contributed by atoms with Crippen molar-refractivity contribution in [1.29, 1.82) is 0 Å². The Balaban J connectivity index is 1.75. The molecule has 0 unspecified atom stereocenters.